The van der Waals surface area contributed by atoms with Crippen LogP contribution < -0.4 is 25.3 Å². The van der Waals surface area contributed by atoms with Crippen LogP contribution in [0.1, 0.15) is 33.5 Å². The Morgan fingerprint density at radius 1 is 1.26 bits per heavy atom. The molecule has 5 N–H and O–H groups in total. The summed E-state index contributed by atoms with van der Waals surface area (Å²) in [6.45, 7) is 4.03. The van der Waals surface area contributed by atoms with Crippen LogP contribution in [0, 0.1) is 6.92 Å². The second-order valence-corrected chi connectivity index (χ2v) is 8.02. The molecule has 1 aromatic carbocycles. The largest absolute Gasteiger partial charge is 0.494 e. The molecule has 0 aliphatic carbocycles. The fourth-order valence-electron chi connectivity index (χ4n) is 2.94. The smallest absolute Gasteiger partial charge is 0.312 e. The first-order valence-corrected chi connectivity index (χ1v) is 10.6. The monoisotopic (exact) mass is 450 g/mol. The van der Waals surface area contributed by atoms with Gasteiger partial charge >= 0.3 is 10.2 Å². The number of nitrogens with zero attached hydrogens (tertiary/aromatic N) is 4. The number of rotatable bonds is 8. The maximum atomic E-state index is 12.9. The molecule has 31 heavy (non-hydrogen) atoms. The first kappa shape index (κ1) is 22.0. The number of nitrogens with one attached hydrogen (secondary N) is 3. The van der Waals surface area contributed by atoms with Crippen LogP contribution in [-0.4, -0.2) is 53.8 Å². The number of aromatic nitrogens is 4. The summed E-state index contributed by atoms with van der Waals surface area (Å²) in [6, 6.07) is 4.30. The van der Waals surface area contributed by atoms with Gasteiger partial charge in [0.15, 0.2) is 0 Å². The van der Waals surface area contributed by atoms with E-state index in [1.165, 1.54) is 31.0 Å². The number of carbonyl (C=O) groups is 2. The van der Waals surface area contributed by atoms with E-state index in [1.54, 1.807) is 13.0 Å². The summed E-state index contributed by atoms with van der Waals surface area (Å²) in [5.74, 6) is -1.32. The Kier molecular flexibility index (Phi) is 5.85. The normalized spacial score (nSPS) is 11.5. The van der Waals surface area contributed by atoms with Crippen LogP contribution in [0.5, 0.6) is 5.75 Å². The highest BCUT2D eigenvalue weighted by Gasteiger charge is 2.23. The molecule has 0 saturated carbocycles. The number of methoxy groups -OCH3 is 1. The Hall–Kier alpha value is -3.65. The van der Waals surface area contributed by atoms with Crippen molar-refractivity contribution in [3.63, 3.8) is 0 Å². The van der Waals surface area contributed by atoms with Crippen molar-refractivity contribution in [3.05, 3.63) is 35.2 Å². The second-order valence-electron chi connectivity index (χ2n) is 6.42. The van der Waals surface area contributed by atoms with Crippen LogP contribution in [0.3, 0.4) is 0 Å². The molecule has 13 nitrogen and oxygen atoms in total. The lowest BCUT2D eigenvalue weighted by molar-refractivity contribution is 0.0995. The molecule has 2 aromatic heterocycles. The Bertz CT molecular complexity index is 1280. The second kappa shape index (κ2) is 8.23. The van der Waals surface area contributed by atoms with E-state index in [9.17, 15) is 18.0 Å². The molecule has 14 heteroatoms. The molecule has 2 heterocycles. The van der Waals surface area contributed by atoms with E-state index in [0.29, 0.717) is 12.2 Å². The maximum absolute atomic E-state index is 12.9. The van der Waals surface area contributed by atoms with Crippen LogP contribution >= 0.6 is 0 Å². The number of imidazole rings is 1. The summed E-state index contributed by atoms with van der Waals surface area (Å²) in [5, 5.41) is 6.80. The minimum absolute atomic E-state index is 0.100. The van der Waals surface area contributed by atoms with Crippen molar-refractivity contribution >= 4 is 39.0 Å². The van der Waals surface area contributed by atoms with E-state index in [2.05, 4.69) is 25.0 Å². The molecule has 0 radical (unpaired) electrons. The van der Waals surface area contributed by atoms with Crippen molar-refractivity contribution in [1.29, 1.82) is 0 Å². The summed E-state index contributed by atoms with van der Waals surface area (Å²) in [4.78, 5) is 31.0. The zero-order valence-electron chi connectivity index (χ0n) is 17.3. The molecule has 0 fully saturated rings. The molecule has 0 atom stereocenters. The molecule has 3 rings (SSSR count). The molecule has 0 aliphatic heterocycles. The van der Waals surface area contributed by atoms with Gasteiger partial charge in [-0.3, -0.25) is 19.6 Å². The third-order valence-electron chi connectivity index (χ3n) is 4.36. The summed E-state index contributed by atoms with van der Waals surface area (Å²) in [7, 11) is -1.46. The summed E-state index contributed by atoms with van der Waals surface area (Å²) >= 11 is 0. The van der Waals surface area contributed by atoms with Gasteiger partial charge < -0.3 is 10.5 Å². The molecule has 3 aromatic rings. The van der Waals surface area contributed by atoms with E-state index in [4.69, 9.17) is 10.5 Å². The highest BCUT2D eigenvalue weighted by Crippen LogP contribution is 2.30. The van der Waals surface area contributed by atoms with Crippen molar-refractivity contribution in [2.45, 2.75) is 20.4 Å². The van der Waals surface area contributed by atoms with Gasteiger partial charge in [-0.1, -0.05) is 0 Å². The summed E-state index contributed by atoms with van der Waals surface area (Å²) < 4.78 is 34.3. The molecule has 166 valence electrons. The number of nitrogens with two attached hydrogens (primary N) is 1. The van der Waals surface area contributed by atoms with Gasteiger partial charge in [0.25, 0.3) is 5.91 Å². The predicted molar refractivity (Wildman–Crippen MR) is 113 cm³/mol. The fourth-order valence-corrected chi connectivity index (χ4v) is 3.45. The number of aryl methyl sites for hydroxylation is 2. The minimum atomic E-state index is -4.01. The van der Waals surface area contributed by atoms with Gasteiger partial charge in [0.05, 0.1) is 18.3 Å². The summed E-state index contributed by atoms with van der Waals surface area (Å²) in [6.07, 6.45) is 0. The summed E-state index contributed by atoms with van der Waals surface area (Å²) in [5.41, 5.74) is 6.70. The van der Waals surface area contributed by atoms with Crippen LogP contribution in [0.2, 0.25) is 0 Å². The van der Waals surface area contributed by atoms with Crippen molar-refractivity contribution in [2.24, 2.45) is 5.73 Å². The van der Waals surface area contributed by atoms with Gasteiger partial charge in [0, 0.05) is 19.2 Å². The third kappa shape index (κ3) is 4.29. The van der Waals surface area contributed by atoms with E-state index < -0.39 is 22.0 Å². The van der Waals surface area contributed by atoms with Crippen molar-refractivity contribution < 1.29 is 22.7 Å². The lowest BCUT2D eigenvalue weighted by Gasteiger charge is -2.14. The highest BCUT2D eigenvalue weighted by atomic mass is 32.2. The number of primary amides is 1. The molecule has 0 saturated heterocycles. The van der Waals surface area contributed by atoms with E-state index in [1.807, 2.05) is 6.92 Å². The Balaban J connectivity index is 2.19. The number of ether oxygens (including phenoxy) is 1. The van der Waals surface area contributed by atoms with Gasteiger partial charge in [0.1, 0.15) is 17.0 Å². The van der Waals surface area contributed by atoms with Crippen LogP contribution in [-0.2, 0) is 16.8 Å². The number of carbonyl (C=O) groups excluding carboxylic acids is 2. The van der Waals surface area contributed by atoms with Crippen molar-refractivity contribution in [1.82, 2.24) is 24.2 Å². The molecule has 2 amide bonds. The quantitative estimate of drug-likeness (QED) is 0.371. The first-order chi connectivity index (χ1) is 14.6. The first-order valence-electron chi connectivity index (χ1n) is 9.07. The molecule has 0 unspecified atom stereocenters. The number of amides is 2. The molecule has 0 aliphatic rings. The lowest BCUT2D eigenvalue weighted by Crippen LogP contribution is -2.34. The maximum Gasteiger partial charge on any atom is 0.312 e. The van der Waals surface area contributed by atoms with Gasteiger partial charge in [0.2, 0.25) is 11.9 Å². The molecular weight excluding hydrogens is 428 g/mol. The Labute approximate surface area is 177 Å². The predicted octanol–water partition coefficient (Wildman–Crippen LogP) is -0.0714. The van der Waals surface area contributed by atoms with Crippen LogP contribution in [0.4, 0.5) is 5.95 Å². The van der Waals surface area contributed by atoms with Gasteiger partial charge in [-0.25, -0.2) is 14.5 Å². The highest BCUT2D eigenvalue weighted by molar-refractivity contribution is 7.90. The Morgan fingerprint density at radius 3 is 2.55 bits per heavy atom. The minimum Gasteiger partial charge on any atom is -0.494 e. The number of hydrogen-bond donors (Lipinski definition) is 4. The van der Waals surface area contributed by atoms with Crippen LogP contribution in [0.25, 0.3) is 11.0 Å². The van der Waals surface area contributed by atoms with Crippen LogP contribution in [0.15, 0.2) is 18.2 Å². The number of benzene rings is 1. The van der Waals surface area contributed by atoms with Gasteiger partial charge in [-0.05, 0) is 32.0 Å². The zero-order chi connectivity index (χ0) is 22.9. The van der Waals surface area contributed by atoms with E-state index in [0.717, 1.165) is 4.68 Å². The topological polar surface area (TPSA) is 175 Å². The SMILES string of the molecule is CCn1nc(C)cc1C(=O)Nc1nc2cc(C(N)=O)cc(OC)c2n1NS(=O)(=O)NC. The Morgan fingerprint density at radius 2 is 1.97 bits per heavy atom. The number of fused-ring (bicyclic) bond motifs is 1. The third-order valence-corrected chi connectivity index (χ3v) is 5.32. The zero-order valence-corrected chi connectivity index (χ0v) is 18.1. The van der Waals surface area contributed by atoms with Gasteiger partial charge in [-0.15, -0.1) is 0 Å². The fraction of sp³-hybridized carbons (Fsp3) is 0.294. The van der Waals surface area contributed by atoms with Crippen molar-refractivity contribution in [2.75, 3.05) is 24.3 Å². The number of anilines is 1. The molecular formula is C17H22N8O5S. The number of hydrogen-bond acceptors (Lipinski definition) is 7. The van der Waals surface area contributed by atoms with E-state index in [-0.39, 0.29) is 34.0 Å². The lowest BCUT2D eigenvalue weighted by atomic mass is 10.2. The van der Waals surface area contributed by atoms with E-state index >= 15 is 0 Å². The molecule has 0 bridgehead atoms. The van der Waals surface area contributed by atoms with Gasteiger partial charge in [-0.2, -0.15) is 18.2 Å². The average molecular weight is 450 g/mol. The standard InChI is InChI=1S/C17H22N8O5S/c1-5-24-12(6-9(2)22-24)16(27)21-17-20-11-7-10(15(18)26)8-13(30-4)14(11)25(17)23-31(28,29)19-3/h6-8,19,23H,5H2,1-4H3,(H2,18,26)(H,20,21,27). The average Bonchev–Trinajstić information content (AvgIpc) is 3.27. The van der Waals surface area contributed by atoms with Crippen molar-refractivity contribution in [3.8, 4) is 5.75 Å². The molecule has 0 spiro atoms.